The molecule has 1 N–H and O–H groups in total. The summed E-state index contributed by atoms with van der Waals surface area (Å²) in [5, 5.41) is 9.10. The van der Waals surface area contributed by atoms with Crippen LogP contribution < -0.4 is 0 Å². The van der Waals surface area contributed by atoms with Crippen molar-refractivity contribution in [2.75, 3.05) is 20.1 Å². The van der Waals surface area contributed by atoms with E-state index in [2.05, 4.69) is 0 Å². The lowest BCUT2D eigenvalue weighted by molar-refractivity contribution is -0.0382. The fraction of sp³-hybridized carbons (Fsp3) is 0.500. The van der Waals surface area contributed by atoms with Gasteiger partial charge in [-0.1, -0.05) is 30.3 Å². The van der Waals surface area contributed by atoms with Crippen LogP contribution in [0.4, 0.5) is 8.78 Å². The first-order valence-corrected chi connectivity index (χ1v) is 5.22. The highest BCUT2D eigenvalue weighted by Crippen LogP contribution is 2.28. The van der Waals surface area contributed by atoms with E-state index in [1.165, 1.54) is 17.0 Å². The van der Waals surface area contributed by atoms with Gasteiger partial charge in [0.2, 0.25) is 0 Å². The number of benzene rings is 1. The number of likely N-dealkylation sites (N-methyl/N-ethyl adjacent to an activating group) is 1. The van der Waals surface area contributed by atoms with Gasteiger partial charge in [0.1, 0.15) is 0 Å². The third-order valence-electron chi connectivity index (χ3n) is 2.24. The van der Waals surface area contributed by atoms with Gasteiger partial charge < -0.3 is 5.11 Å². The number of aliphatic hydroxyl groups is 1. The third-order valence-corrected chi connectivity index (χ3v) is 2.24. The number of rotatable bonds is 5. The van der Waals surface area contributed by atoms with Crippen molar-refractivity contribution in [1.82, 2.24) is 4.90 Å². The molecule has 0 bridgehead atoms. The van der Waals surface area contributed by atoms with Crippen LogP contribution in [0.15, 0.2) is 30.3 Å². The lowest BCUT2D eigenvalue weighted by Gasteiger charge is -2.24. The maximum atomic E-state index is 13.7. The summed E-state index contributed by atoms with van der Waals surface area (Å²) in [5.41, 5.74) is 0.00689. The molecule has 0 saturated carbocycles. The molecule has 1 rings (SSSR count). The predicted octanol–water partition coefficient (Wildman–Crippen LogP) is 2.09. The SMILES string of the molecule is CC(O)CN(C)CC(F)(F)c1ccccc1. The molecule has 1 unspecified atom stereocenters. The highest BCUT2D eigenvalue weighted by atomic mass is 19.3. The lowest BCUT2D eigenvalue weighted by Crippen LogP contribution is -2.36. The Balaban J connectivity index is 2.65. The first kappa shape index (κ1) is 13.1. The van der Waals surface area contributed by atoms with E-state index in [0.717, 1.165) is 0 Å². The zero-order chi connectivity index (χ0) is 12.2. The summed E-state index contributed by atoms with van der Waals surface area (Å²) in [7, 11) is 1.57. The van der Waals surface area contributed by atoms with Crippen molar-refractivity contribution in [3.63, 3.8) is 0 Å². The van der Waals surface area contributed by atoms with Gasteiger partial charge in [0.05, 0.1) is 12.6 Å². The minimum absolute atomic E-state index is 0.00689. The molecular formula is C12H17F2NO. The van der Waals surface area contributed by atoms with Crippen molar-refractivity contribution in [2.24, 2.45) is 0 Å². The second kappa shape index (κ2) is 5.37. The second-order valence-electron chi connectivity index (χ2n) is 4.12. The van der Waals surface area contributed by atoms with Crippen LogP contribution in [-0.4, -0.2) is 36.2 Å². The van der Waals surface area contributed by atoms with Crippen molar-refractivity contribution in [3.8, 4) is 0 Å². The van der Waals surface area contributed by atoms with Crippen molar-refractivity contribution in [3.05, 3.63) is 35.9 Å². The maximum Gasteiger partial charge on any atom is 0.285 e. The van der Waals surface area contributed by atoms with Crippen molar-refractivity contribution >= 4 is 0 Å². The molecule has 0 aliphatic heterocycles. The second-order valence-corrected chi connectivity index (χ2v) is 4.12. The Labute approximate surface area is 94.5 Å². The maximum absolute atomic E-state index is 13.7. The van der Waals surface area contributed by atoms with E-state index in [1.54, 1.807) is 32.2 Å². The number of nitrogens with zero attached hydrogens (tertiary/aromatic N) is 1. The standard InChI is InChI=1S/C12H17F2NO/c1-10(16)8-15(2)9-12(13,14)11-6-4-3-5-7-11/h3-7,10,16H,8-9H2,1-2H3. The Morgan fingerprint density at radius 3 is 2.38 bits per heavy atom. The molecule has 1 atom stereocenters. The Hall–Kier alpha value is -1.00. The van der Waals surface area contributed by atoms with Crippen LogP contribution in [0.3, 0.4) is 0 Å². The fourth-order valence-corrected chi connectivity index (χ4v) is 1.63. The number of aliphatic hydroxyl groups excluding tert-OH is 1. The van der Waals surface area contributed by atoms with Crippen LogP contribution in [0, 0.1) is 0 Å². The monoisotopic (exact) mass is 229 g/mol. The van der Waals surface area contributed by atoms with E-state index in [9.17, 15) is 8.78 Å². The van der Waals surface area contributed by atoms with E-state index >= 15 is 0 Å². The highest BCUT2D eigenvalue weighted by molar-refractivity contribution is 5.20. The molecule has 16 heavy (non-hydrogen) atoms. The van der Waals surface area contributed by atoms with Crippen LogP contribution >= 0.6 is 0 Å². The van der Waals surface area contributed by atoms with Gasteiger partial charge in [0.15, 0.2) is 0 Å². The fourth-order valence-electron chi connectivity index (χ4n) is 1.63. The summed E-state index contributed by atoms with van der Waals surface area (Å²) in [6, 6.07) is 7.72. The van der Waals surface area contributed by atoms with Gasteiger partial charge in [0, 0.05) is 12.1 Å². The Morgan fingerprint density at radius 2 is 1.88 bits per heavy atom. The molecule has 0 saturated heterocycles. The van der Waals surface area contributed by atoms with Crippen LogP contribution in [-0.2, 0) is 5.92 Å². The zero-order valence-corrected chi connectivity index (χ0v) is 9.53. The smallest absolute Gasteiger partial charge is 0.285 e. The van der Waals surface area contributed by atoms with Gasteiger partial charge in [-0.3, -0.25) is 4.90 Å². The summed E-state index contributed by atoms with van der Waals surface area (Å²) in [6.45, 7) is 1.43. The summed E-state index contributed by atoms with van der Waals surface area (Å²) in [5.74, 6) is -2.88. The largest absolute Gasteiger partial charge is 0.392 e. The summed E-state index contributed by atoms with van der Waals surface area (Å²) in [6.07, 6.45) is -0.600. The molecule has 2 nitrogen and oxygen atoms in total. The average molecular weight is 229 g/mol. The zero-order valence-electron chi connectivity index (χ0n) is 9.53. The van der Waals surface area contributed by atoms with Gasteiger partial charge in [-0.25, -0.2) is 0 Å². The van der Waals surface area contributed by atoms with E-state index in [1.807, 2.05) is 0 Å². The topological polar surface area (TPSA) is 23.5 Å². The quantitative estimate of drug-likeness (QED) is 0.835. The van der Waals surface area contributed by atoms with E-state index in [0.29, 0.717) is 0 Å². The van der Waals surface area contributed by atoms with Gasteiger partial charge in [-0.2, -0.15) is 8.78 Å². The number of hydrogen-bond donors (Lipinski definition) is 1. The molecule has 0 aliphatic rings. The minimum atomic E-state index is -2.88. The van der Waals surface area contributed by atoms with Crippen LogP contribution in [0.1, 0.15) is 12.5 Å². The predicted molar refractivity (Wildman–Crippen MR) is 59.5 cm³/mol. The highest BCUT2D eigenvalue weighted by Gasteiger charge is 2.32. The number of halogens is 2. The van der Waals surface area contributed by atoms with E-state index < -0.39 is 12.0 Å². The summed E-state index contributed by atoms with van der Waals surface area (Å²) < 4.78 is 27.5. The number of alkyl halides is 2. The van der Waals surface area contributed by atoms with Gasteiger partial charge in [-0.05, 0) is 14.0 Å². The third kappa shape index (κ3) is 3.87. The molecule has 0 aromatic heterocycles. The first-order valence-electron chi connectivity index (χ1n) is 5.22. The molecule has 0 heterocycles. The Kier molecular flexibility index (Phi) is 4.38. The van der Waals surface area contributed by atoms with E-state index in [-0.39, 0.29) is 18.7 Å². The molecule has 1 aromatic carbocycles. The summed E-state index contributed by atoms with van der Waals surface area (Å²) in [4.78, 5) is 1.43. The van der Waals surface area contributed by atoms with Gasteiger partial charge in [0.25, 0.3) is 5.92 Å². The van der Waals surface area contributed by atoms with Crippen molar-refractivity contribution in [1.29, 1.82) is 0 Å². The van der Waals surface area contributed by atoms with Crippen molar-refractivity contribution < 1.29 is 13.9 Å². The normalized spacial score (nSPS) is 14.1. The molecule has 0 spiro atoms. The molecule has 1 aromatic rings. The molecule has 0 aliphatic carbocycles. The van der Waals surface area contributed by atoms with Crippen LogP contribution in [0.2, 0.25) is 0 Å². The molecule has 90 valence electrons. The van der Waals surface area contributed by atoms with E-state index in [4.69, 9.17) is 5.11 Å². The lowest BCUT2D eigenvalue weighted by atomic mass is 10.1. The average Bonchev–Trinajstić information content (AvgIpc) is 2.16. The van der Waals surface area contributed by atoms with Crippen LogP contribution in [0.5, 0.6) is 0 Å². The van der Waals surface area contributed by atoms with Gasteiger partial charge >= 0.3 is 0 Å². The number of hydrogen-bond acceptors (Lipinski definition) is 2. The molecular weight excluding hydrogens is 212 g/mol. The molecule has 0 amide bonds. The van der Waals surface area contributed by atoms with Crippen molar-refractivity contribution in [2.45, 2.75) is 19.0 Å². The minimum Gasteiger partial charge on any atom is -0.392 e. The van der Waals surface area contributed by atoms with Gasteiger partial charge in [-0.15, -0.1) is 0 Å². The van der Waals surface area contributed by atoms with Crippen LogP contribution in [0.25, 0.3) is 0 Å². The Morgan fingerprint density at radius 1 is 1.31 bits per heavy atom. The first-order chi connectivity index (χ1) is 7.42. The Bertz CT molecular complexity index is 314. The molecule has 0 fully saturated rings. The summed E-state index contributed by atoms with van der Waals surface area (Å²) >= 11 is 0. The molecule has 4 heteroatoms. The molecule has 0 radical (unpaired) electrons.